The smallest absolute Gasteiger partial charge is 0.132 e. The third kappa shape index (κ3) is 1.19. The van der Waals surface area contributed by atoms with E-state index in [1.807, 2.05) is 0 Å². The highest BCUT2D eigenvalue weighted by atomic mass is 79.9. The van der Waals surface area contributed by atoms with Gasteiger partial charge in [0, 0.05) is 18.2 Å². The fourth-order valence-electron chi connectivity index (χ4n) is 0.852. The van der Waals surface area contributed by atoms with Gasteiger partial charge < -0.3 is 0 Å². The van der Waals surface area contributed by atoms with Gasteiger partial charge in [-0.2, -0.15) is 0 Å². The second-order valence-electron chi connectivity index (χ2n) is 2.44. The summed E-state index contributed by atoms with van der Waals surface area (Å²) in [6.07, 6.45) is 4.16. The highest BCUT2D eigenvalue weighted by molar-refractivity contribution is 9.10. The van der Waals surface area contributed by atoms with Crippen molar-refractivity contribution in [3.8, 4) is 0 Å². The van der Waals surface area contributed by atoms with Gasteiger partial charge >= 0.3 is 0 Å². The lowest BCUT2D eigenvalue weighted by Gasteiger charge is -1.93. The lowest BCUT2D eigenvalue weighted by Crippen LogP contribution is -1.90. The monoisotopic (exact) mass is 197 g/mol. The van der Waals surface area contributed by atoms with Crippen molar-refractivity contribution in [3.05, 3.63) is 22.7 Å². The van der Waals surface area contributed by atoms with Crippen LogP contribution in [0, 0.1) is 6.07 Å². The summed E-state index contributed by atoms with van der Waals surface area (Å²) in [5, 5.41) is 0. The predicted octanol–water partition coefficient (Wildman–Crippen LogP) is 1.92. The van der Waals surface area contributed by atoms with Gasteiger partial charge in [0.2, 0.25) is 0 Å². The Labute approximate surface area is 67.8 Å². The molecule has 2 rings (SSSR count). The van der Waals surface area contributed by atoms with Crippen LogP contribution in [-0.2, 0) is 0 Å². The second kappa shape index (κ2) is 2.31. The molecule has 10 heavy (non-hydrogen) atoms. The lowest BCUT2D eigenvalue weighted by molar-refractivity contribution is 0.913. The van der Waals surface area contributed by atoms with Crippen LogP contribution in [0.15, 0.2) is 10.8 Å². The molecule has 1 heterocycles. The summed E-state index contributed by atoms with van der Waals surface area (Å²) in [6, 6.07) is 2.85. The minimum atomic E-state index is 0.630. The minimum Gasteiger partial charge on any atom is -0.240 e. The molecule has 0 aliphatic heterocycles. The number of hydrogen-bond donors (Lipinski definition) is 0. The second-order valence-corrected chi connectivity index (χ2v) is 3.19. The van der Waals surface area contributed by atoms with Crippen LogP contribution < -0.4 is 0 Å². The molecule has 0 unspecified atom stereocenters. The Morgan fingerprint density at radius 2 is 2.40 bits per heavy atom. The van der Waals surface area contributed by atoms with Gasteiger partial charge in [-0.3, -0.25) is 0 Å². The van der Waals surface area contributed by atoms with Crippen molar-refractivity contribution in [2.24, 2.45) is 0 Å². The van der Waals surface area contributed by atoms with Crippen molar-refractivity contribution in [2.75, 3.05) is 0 Å². The SMILES string of the molecule is Brc1[c]cnc(C2CC2)n1. The molecule has 1 radical (unpaired) electrons. The van der Waals surface area contributed by atoms with Crippen LogP contribution in [0.5, 0.6) is 0 Å². The van der Waals surface area contributed by atoms with Gasteiger partial charge in [-0.15, -0.1) is 0 Å². The number of aromatic nitrogens is 2. The fourth-order valence-corrected chi connectivity index (χ4v) is 1.14. The van der Waals surface area contributed by atoms with E-state index in [9.17, 15) is 0 Å². The zero-order valence-electron chi connectivity index (χ0n) is 5.34. The maximum absolute atomic E-state index is 4.19. The molecule has 0 bridgehead atoms. The number of rotatable bonds is 1. The predicted molar refractivity (Wildman–Crippen MR) is 40.5 cm³/mol. The minimum absolute atomic E-state index is 0.630. The van der Waals surface area contributed by atoms with Crippen molar-refractivity contribution in [1.82, 2.24) is 9.97 Å². The first-order valence-corrected chi connectivity index (χ1v) is 4.05. The molecule has 1 fully saturated rings. The Morgan fingerprint density at radius 1 is 1.60 bits per heavy atom. The summed E-state index contributed by atoms with van der Waals surface area (Å²) in [5.41, 5.74) is 0. The van der Waals surface area contributed by atoms with E-state index in [0.29, 0.717) is 5.92 Å². The Kier molecular flexibility index (Phi) is 1.45. The summed E-state index contributed by atoms with van der Waals surface area (Å²) >= 11 is 3.25. The molecule has 0 aromatic carbocycles. The molecule has 0 N–H and O–H groups in total. The van der Waals surface area contributed by atoms with E-state index >= 15 is 0 Å². The molecular weight excluding hydrogens is 192 g/mol. The molecule has 51 valence electrons. The zero-order valence-corrected chi connectivity index (χ0v) is 6.93. The lowest BCUT2D eigenvalue weighted by atomic mass is 10.4. The third-order valence-electron chi connectivity index (χ3n) is 1.54. The highest BCUT2D eigenvalue weighted by Crippen LogP contribution is 2.37. The Morgan fingerprint density at radius 3 is 3.00 bits per heavy atom. The first kappa shape index (κ1) is 6.28. The Bertz CT molecular complexity index is 245. The molecule has 0 atom stereocenters. The molecular formula is C7H6BrN2. The van der Waals surface area contributed by atoms with Gasteiger partial charge in [0.25, 0.3) is 0 Å². The molecule has 0 amide bonds. The fraction of sp³-hybridized carbons (Fsp3) is 0.429. The quantitative estimate of drug-likeness (QED) is 0.644. The normalized spacial score (nSPS) is 17.3. The molecule has 1 aliphatic carbocycles. The standard InChI is InChI=1S/C7H6BrN2/c8-6-3-4-9-7(10-6)5-1-2-5/h4-5H,1-2H2. The van der Waals surface area contributed by atoms with E-state index in [1.54, 1.807) is 6.20 Å². The van der Waals surface area contributed by atoms with Gasteiger partial charge in [-0.05, 0) is 28.8 Å². The van der Waals surface area contributed by atoms with E-state index in [0.717, 1.165) is 10.4 Å². The Balaban J connectivity index is 2.32. The zero-order chi connectivity index (χ0) is 6.97. The van der Waals surface area contributed by atoms with Crippen LogP contribution in [-0.4, -0.2) is 9.97 Å². The average molecular weight is 198 g/mol. The maximum Gasteiger partial charge on any atom is 0.132 e. The van der Waals surface area contributed by atoms with E-state index < -0.39 is 0 Å². The summed E-state index contributed by atoms with van der Waals surface area (Å²) < 4.78 is 0.768. The molecule has 2 nitrogen and oxygen atoms in total. The van der Waals surface area contributed by atoms with E-state index in [-0.39, 0.29) is 0 Å². The van der Waals surface area contributed by atoms with Crippen molar-refractivity contribution >= 4 is 15.9 Å². The van der Waals surface area contributed by atoms with Crippen LogP contribution in [0.3, 0.4) is 0 Å². The summed E-state index contributed by atoms with van der Waals surface area (Å²) in [7, 11) is 0. The first-order valence-electron chi connectivity index (χ1n) is 3.26. The van der Waals surface area contributed by atoms with Gasteiger partial charge in [0.15, 0.2) is 0 Å². The molecule has 1 aliphatic rings. The molecule has 0 spiro atoms. The van der Waals surface area contributed by atoms with Gasteiger partial charge in [0.05, 0.1) is 0 Å². The van der Waals surface area contributed by atoms with Crippen molar-refractivity contribution < 1.29 is 0 Å². The van der Waals surface area contributed by atoms with Crippen LogP contribution >= 0.6 is 15.9 Å². The van der Waals surface area contributed by atoms with Crippen molar-refractivity contribution in [1.29, 1.82) is 0 Å². The van der Waals surface area contributed by atoms with Crippen LogP contribution in [0.1, 0.15) is 24.6 Å². The van der Waals surface area contributed by atoms with Gasteiger partial charge in [-0.1, -0.05) is 0 Å². The third-order valence-corrected chi connectivity index (χ3v) is 1.94. The maximum atomic E-state index is 4.19. The molecule has 3 heteroatoms. The van der Waals surface area contributed by atoms with Crippen molar-refractivity contribution in [3.63, 3.8) is 0 Å². The Hall–Kier alpha value is -0.440. The number of halogens is 1. The van der Waals surface area contributed by atoms with Gasteiger partial charge in [0.1, 0.15) is 10.4 Å². The first-order chi connectivity index (χ1) is 4.86. The van der Waals surface area contributed by atoms with E-state index in [4.69, 9.17) is 0 Å². The van der Waals surface area contributed by atoms with Crippen LogP contribution in [0.2, 0.25) is 0 Å². The number of hydrogen-bond acceptors (Lipinski definition) is 2. The van der Waals surface area contributed by atoms with E-state index in [1.165, 1.54) is 12.8 Å². The molecule has 0 saturated heterocycles. The molecule has 1 aromatic rings. The van der Waals surface area contributed by atoms with Gasteiger partial charge in [-0.25, -0.2) is 9.97 Å². The summed E-state index contributed by atoms with van der Waals surface area (Å²) in [6.45, 7) is 0. The topological polar surface area (TPSA) is 25.8 Å². The average Bonchev–Trinajstić information content (AvgIpc) is 2.68. The largest absolute Gasteiger partial charge is 0.240 e. The molecule has 1 saturated carbocycles. The van der Waals surface area contributed by atoms with Crippen LogP contribution in [0.4, 0.5) is 0 Å². The van der Waals surface area contributed by atoms with E-state index in [2.05, 4.69) is 32.0 Å². The van der Waals surface area contributed by atoms with Crippen molar-refractivity contribution in [2.45, 2.75) is 18.8 Å². The summed E-state index contributed by atoms with van der Waals surface area (Å²) in [4.78, 5) is 8.29. The summed E-state index contributed by atoms with van der Waals surface area (Å²) in [5.74, 6) is 1.59. The highest BCUT2D eigenvalue weighted by Gasteiger charge is 2.26. The van der Waals surface area contributed by atoms with Crippen LogP contribution in [0.25, 0.3) is 0 Å². The number of nitrogens with zero attached hydrogens (tertiary/aromatic N) is 2. The molecule has 1 aromatic heterocycles.